The molecule has 0 aliphatic carbocycles. The van der Waals surface area contributed by atoms with Crippen LogP contribution in [0.3, 0.4) is 0 Å². The Kier molecular flexibility index (Phi) is 7.28. The molecule has 0 radical (unpaired) electrons. The molecular weight excluding hydrogens is 264 g/mol. The van der Waals surface area contributed by atoms with Gasteiger partial charge in [0.2, 0.25) is 0 Å². The fourth-order valence-electron chi connectivity index (χ4n) is 2.35. The van der Waals surface area contributed by atoms with E-state index >= 15 is 0 Å². The Morgan fingerprint density at radius 1 is 1.42 bits per heavy atom. The zero-order chi connectivity index (χ0) is 14.3. The molecule has 6 heteroatoms. The quantitative estimate of drug-likeness (QED) is 0.706. The normalized spacial score (nSPS) is 23.4. The van der Waals surface area contributed by atoms with Gasteiger partial charge in [-0.25, -0.2) is 8.42 Å². The van der Waals surface area contributed by atoms with E-state index in [1.165, 1.54) is 6.26 Å². The van der Waals surface area contributed by atoms with Gasteiger partial charge in [0.1, 0.15) is 9.84 Å². The minimum atomic E-state index is -2.91. The summed E-state index contributed by atoms with van der Waals surface area (Å²) < 4.78 is 28.5. The van der Waals surface area contributed by atoms with Crippen LogP contribution < -0.4 is 5.32 Å². The van der Waals surface area contributed by atoms with E-state index in [0.29, 0.717) is 6.42 Å². The van der Waals surface area contributed by atoms with Crippen LogP contribution in [-0.2, 0) is 14.6 Å². The Hall–Kier alpha value is -0.170. The lowest BCUT2D eigenvalue weighted by atomic mass is 10.1. The van der Waals surface area contributed by atoms with Crippen molar-refractivity contribution in [1.29, 1.82) is 0 Å². The number of ether oxygens (including phenoxy) is 1. The second-order valence-electron chi connectivity index (χ2n) is 5.28. The van der Waals surface area contributed by atoms with Gasteiger partial charge in [-0.3, -0.25) is 4.90 Å². The van der Waals surface area contributed by atoms with Gasteiger partial charge >= 0.3 is 0 Å². The molecule has 0 aromatic heterocycles. The largest absolute Gasteiger partial charge is 0.374 e. The molecule has 114 valence electrons. The molecule has 0 amide bonds. The molecule has 1 aliphatic rings. The summed E-state index contributed by atoms with van der Waals surface area (Å²) in [5.74, 6) is 0.223. The molecule has 1 saturated heterocycles. The van der Waals surface area contributed by atoms with E-state index in [1.807, 2.05) is 0 Å². The Balaban J connectivity index is 2.56. The van der Waals surface area contributed by atoms with E-state index in [4.69, 9.17) is 4.74 Å². The van der Waals surface area contributed by atoms with E-state index in [-0.39, 0.29) is 17.9 Å². The van der Waals surface area contributed by atoms with Crippen LogP contribution >= 0.6 is 0 Å². The third-order valence-corrected chi connectivity index (χ3v) is 4.51. The number of sulfone groups is 1. The molecule has 1 aliphatic heterocycles. The Morgan fingerprint density at radius 2 is 2.16 bits per heavy atom. The van der Waals surface area contributed by atoms with Gasteiger partial charge < -0.3 is 10.1 Å². The summed E-state index contributed by atoms with van der Waals surface area (Å²) in [6.07, 6.45) is 3.06. The zero-order valence-electron chi connectivity index (χ0n) is 12.4. The third-order valence-electron chi connectivity index (χ3n) is 3.53. The highest BCUT2D eigenvalue weighted by Gasteiger charge is 2.27. The van der Waals surface area contributed by atoms with Crippen LogP contribution in [0.5, 0.6) is 0 Å². The lowest BCUT2D eigenvalue weighted by Gasteiger charge is -2.37. The minimum absolute atomic E-state index is 0.0991. The number of hydrogen-bond donors (Lipinski definition) is 1. The molecule has 1 rings (SSSR count). The lowest BCUT2D eigenvalue weighted by Crippen LogP contribution is -2.52. The van der Waals surface area contributed by atoms with Gasteiger partial charge in [-0.2, -0.15) is 0 Å². The van der Waals surface area contributed by atoms with Crippen molar-refractivity contribution in [3.8, 4) is 0 Å². The molecule has 1 fully saturated rings. The standard InChI is InChI=1S/C13H28N2O3S/c1-4-7-14-12(6-10-19(3,16)17)13-11-15(5-2)8-9-18-13/h12-14H,4-11H2,1-3H3. The first-order valence-corrected chi connectivity index (χ1v) is 9.27. The Bertz CT molecular complexity index is 346. The van der Waals surface area contributed by atoms with Crippen LogP contribution in [0.2, 0.25) is 0 Å². The molecule has 0 bridgehead atoms. The summed E-state index contributed by atoms with van der Waals surface area (Å²) in [5.41, 5.74) is 0. The van der Waals surface area contributed by atoms with Gasteiger partial charge in [0, 0.05) is 25.4 Å². The molecular formula is C13H28N2O3S. The molecule has 2 unspecified atom stereocenters. The molecule has 2 atom stereocenters. The average Bonchev–Trinajstić information content (AvgIpc) is 2.38. The average molecular weight is 292 g/mol. The monoisotopic (exact) mass is 292 g/mol. The van der Waals surface area contributed by atoms with Crippen molar-refractivity contribution in [2.24, 2.45) is 0 Å². The molecule has 0 aromatic rings. The highest BCUT2D eigenvalue weighted by Crippen LogP contribution is 2.12. The van der Waals surface area contributed by atoms with Gasteiger partial charge in [0.05, 0.1) is 18.5 Å². The molecule has 1 heterocycles. The van der Waals surface area contributed by atoms with Crippen molar-refractivity contribution in [1.82, 2.24) is 10.2 Å². The first-order chi connectivity index (χ1) is 8.96. The summed E-state index contributed by atoms with van der Waals surface area (Å²) >= 11 is 0. The number of nitrogens with one attached hydrogen (secondary N) is 1. The van der Waals surface area contributed by atoms with Crippen LogP contribution in [-0.4, -0.2) is 70.3 Å². The number of hydrogen-bond acceptors (Lipinski definition) is 5. The summed E-state index contributed by atoms with van der Waals surface area (Å²) in [5, 5.41) is 3.44. The van der Waals surface area contributed by atoms with E-state index in [9.17, 15) is 8.42 Å². The van der Waals surface area contributed by atoms with Gasteiger partial charge in [-0.15, -0.1) is 0 Å². The van der Waals surface area contributed by atoms with Crippen molar-refractivity contribution in [2.45, 2.75) is 38.8 Å². The van der Waals surface area contributed by atoms with Crippen molar-refractivity contribution < 1.29 is 13.2 Å². The smallest absolute Gasteiger partial charge is 0.147 e. The van der Waals surface area contributed by atoms with Gasteiger partial charge in [-0.05, 0) is 25.9 Å². The van der Waals surface area contributed by atoms with E-state index in [1.54, 1.807) is 0 Å². The van der Waals surface area contributed by atoms with Gasteiger partial charge in [0.15, 0.2) is 0 Å². The summed E-state index contributed by atoms with van der Waals surface area (Å²) in [4.78, 5) is 2.36. The van der Waals surface area contributed by atoms with Gasteiger partial charge in [0.25, 0.3) is 0 Å². The molecule has 0 aromatic carbocycles. The highest BCUT2D eigenvalue weighted by atomic mass is 32.2. The van der Waals surface area contributed by atoms with Crippen LogP contribution in [0.25, 0.3) is 0 Å². The zero-order valence-corrected chi connectivity index (χ0v) is 13.2. The van der Waals surface area contributed by atoms with Gasteiger partial charge in [-0.1, -0.05) is 13.8 Å². The molecule has 5 nitrogen and oxygen atoms in total. The van der Waals surface area contributed by atoms with E-state index in [2.05, 4.69) is 24.1 Å². The Morgan fingerprint density at radius 3 is 2.74 bits per heavy atom. The molecule has 1 N–H and O–H groups in total. The predicted octanol–water partition coefficient (Wildman–Crippen LogP) is 0.510. The first kappa shape index (κ1) is 16.9. The summed E-state index contributed by atoms with van der Waals surface area (Å²) in [7, 11) is -2.91. The van der Waals surface area contributed by atoms with Crippen LogP contribution in [0.4, 0.5) is 0 Å². The van der Waals surface area contributed by atoms with Crippen LogP contribution in [0, 0.1) is 0 Å². The van der Waals surface area contributed by atoms with Crippen LogP contribution in [0.15, 0.2) is 0 Å². The topological polar surface area (TPSA) is 58.6 Å². The number of nitrogens with zero attached hydrogens (tertiary/aromatic N) is 1. The maximum absolute atomic E-state index is 11.3. The second-order valence-corrected chi connectivity index (χ2v) is 7.54. The molecule has 0 saturated carbocycles. The maximum Gasteiger partial charge on any atom is 0.147 e. The van der Waals surface area contributed by atoms with Crippen molar-refractivity contribution in [3.05, 3.63) is 0 Å². The van der Waals surface area contributed by atoms with Crippen LogP contribution in [0.1, 0.15) is 26.7 Å². The summed E-state index contributed by atoms with van der Waals surface area (Å²) in [6.45, 7) is 8.78. The Labute approximate surface area is 117 Å². The van der Waals surface area contributed by atoms with E-state index < -0.39 is 9.84 Å². The number of rotatable bonds is 8. The second kappa shape index (κ2) is 8.19. The minimum Gasteiger partial charge on any atom is -0.374 e. The van der Waals surface area contributed by atoms with E-state index in [0.717, 1.165) is 39.2 Å². The maximum atomic E-state index is 11.3. The SMILES string of the molecule is CCCNC(CCS(C)(=O)=O)C1CN(CC)CCO1. The van der Waals surface area contributed by atoms with Crippen molar-refractivity contribution >= 4 is 9.84 Å². The predicted molar refractivity (Wildman–Crippen MR) is 78.3 cm³/mol. The first-order valence-electron chi connectivity index (χ1n) is 7.21. The highest BCUT2D eigenvalue weighted by molar-refractivity contribution is 7.90. The lowest BCUT2D eigenvalue weighted by molar-refractivity contribution is -0.0452. The number of morpholine rings is 1. The fraction of sp³-hybridized carbons (Fsp3) is 1.00. The molecule has 0 spiro atoms. The third kappa shape index (κ3) is 6.70. The fourth-order valence-corrected chi connectivity index (χ4v) is 3.03. The van der Waals surface area contributed by atoms with Crippen molar-refractivity contribution in [3.63, 3.8) is 0 Å². The number of likely N-dealkylation sites (N-methyl/N-ethyl adjacent to an activating group) is 1. The van der Waals surface area contributed by atoms with Crippen molar-refractivity contribution in [2.75, 3.05) is 44.8 Å². The summed E-state index contributed by atoms with van der Waals surface area (Å²) in [6, 6.07) is 0.129. The molecule has 19 heavy (non-hydrogen) atoms.